The zero-order chi connectivity index (χ0) is 17.0. The van der Waals surface area contributed by atoms with Gasteiger partial charge in [0, 0.05) is 12.7 Å². The van der Waals surface area contributed by atoms with Gasteiger partial charge in [-0.25, -0.2) is 4.79 Å². The molecule has 0 saturated heterocycles. The average molecular weight is 315 g/mol. The summed E-state index contributed by atoms with van der Waals surface area (Å²) >= 11 is 0. The van der Waals surface area contributed by atoms with Gasteiger partial charge in [0.25, 0.3) is 5.91 Å². The van der Waals surface area contributed by atoms with Gasteiger partial charge in [0.1, 0.15) is 0 Å². The highest BCUT2D eigenvalue weighted by atomic mass is 16.4. The third-order valence-corrected chi connectivity index (χ3v) is 3.41. The molecule has 2 N–H and O–H groups in total. The minimum atomic E-state index is -0.953. The Balaban J connectivity index is 1.91. The first-order valence-corrected chi connectivity index (χ1v) is 7.43. The monoisotopic (exact) mass is 315 g/mol. The summed E-state index contributed by atoms with van der Waals surface area (Å²) in [6.45, 7) is 6.47. The number of aromatic nitrogens is 2. The zero-order valence-corrected chi connectivity index (χ0v) is 13.5. The standard InChI is InChI=1S/C17H21N3O3/c1-17(2,3)20-11-14(10-19-20)15(21)18-8-7-12-5-4-6-13(9-12)16(22)23/h4-6,9-11H,7-8H2,1-3H3,(H,18,21)(H,22,23). The summed E-state index contributed by atoms with van der Waals surface area (Å²) in [4.78, 5) is 23.0. The van der Waals surface area contributed by atoms with Crippen LogP contribution < -0.4 is 5.32 Å². The molecule has 0 bridgehead atoms. The summed E-state index contributed by atoms with van der Waals surface area (Å²) in [6, 6.07) is 6.71. The van der Waals surface area contributed by atoms with Crippen LogP contribution in [0.4, 0.5) is 0 Å². The van der Waals surface area contributed by atoms with E-state index in [0.29, 0.717) is 18.5 Å². The Kier molecular flexibility index (Phi) is 4.83. The number of carbonyl (C=O) groups is 2. The van der Waals surface area contributed by atoms with Crippen molar-refractivity contribution in [3.63, 3.8) is 0 Å². The normalized spacial score (nSPS) is 11.3. The van der Waals surface area contributed by atoms with Crippen LogP contribution in [0.1, 0.15) is 47.1 Å². The van der Waals surface area contributed by atoms with Gasteiger partial charge in [-0.2, -0.15) is 5.10 Å². The smallest absolute Gasteiger partial charge is 0.335 e. The second-order valence-corrected chi connectivity index (χ2v) is 6.36. The van der Waals surface area contributed by atoms with Gasteiger partial charge in [-0.3, -0.25) is 9.48 Å². The fourth-order valence-corrected chi connectivity index (χ4v) is 2.09. The maximum Gasteiger partial charge on any atom is 0.335 e. The van der Waals surface area contributed by atoms with Gasteiger partial charge in [0.2, 0.25) is 0 Å². The summed E-state index contributed by atoms with van der Waals surface area (Å²) in [6.07, 6.45) is 3.84. The van der Waals surface area contributed by atoms with Crippen LogP contribution in [-0.2, 0) is 12.0 Å². The number of nitrogens with one attached hydrogen (secondary N) is 1. The van der Waals surface area contributed by atoms with Gasteiger partial charge in [-0.15, -0.1) is 0 Å². The third kappa shape index (κ3) is 4.42. The number of carboxylic acid groups (broad SMARTS) is 1. The zero-order valence-electron chi connectivity index (χ0n) is 13.5. The molecule has 1 aromatic carbocycles. The number of benzene rings is 1. The lowest BCUT2D eigenvalue weighted by molar-refractivity contribution is 0.0696. The van der Waals surface area contributed by atoms with Gasteiger partial charge in [0.05, 0.1) is 22.9 Å². The number of carboxylic acids is 1. The van der Waals surface area contributed by atoms with E-state index in [2.05, 4.69) is 10.4 Å². The van der Waals surface area contributed by atoms with E-state index in [-0.39, 0.29) is 17.0 Å². The quantitative estimate of drug-likeness (QED) is 0.887. The van der Waals surface area contributed by atoms with Crippen molar-refractivity contribution in [1.82, 2.24) is 15.1 Å². The van der Waals surface area contributed by atoms with Crippen LogP contribution in [0.3, 0.4) is 0 Å². The summed E-state index contributed by atoms with van der Waals surface area (Å²) in [5, 5.41) is 16.0. The predicted molar refractivity (Wildman–Crippen MR) is 86.7 cm³/mol. The SMILES string of the molecule is CC(C)(C)n1cc(C(=O)NCCc2cccc(C(=O)O)c2)cn1. The first-order valence-electron chi connectivity index (χ1n) is 7.43. The second kappa shape index (κ2) is 6.64. The van der Waals surface area contributed by atoms with Gasteiger partial charge in [-0.1, -0.05) is 12.1 Å². The van der Waals surface area contributed by atoms with Crippen molar-refractivity contribution in [2.45, 2.75) is 32.7 Å². The van der Waals surface area contributed by atoms with E-state index in [9.17, 15) is 9.59 Å². The molecule has 6 nitrogen and oxygen atoms in total. The van der Waals surface area contributed by atoms with Crippen molar-refractivity contribution in [1.29, 1.82) is 0 Å². The first kappa shape index (κ1) is 16.7. The van der Waals surface area contributed by atoms with Crippen LogP contribution in [0.5, 0.6) is 0 Å². The highest BCUT2D eigenvalue weighted by Crippen LogP contribution is 2.13. The predicted octanol–water partition coefficient (Wildman–Crippen LogP) is 2.31. The van der Waals surface area contributed by atoms with E-state index in [1.165, 1.54) is 0 Å². The van der Waals surface area contributed by atoms with Gasteiger partial charge in [-0.05, 0) is 44.9 Å². The molecule has 0 saturated carbocycles. The summed E-state index contributed by atoms with van der Waals surface area (Å²) in [5.41, 5.74) is 1.46. The molecule has 23 heavy (non-hydrogen) atoms. The number of hydrogen-bond acceptors (Lipinski definition) is 3. The molecule has 0 spiro atoms. The molecule has 0 aliphatic carbocycles. The Hall–Kier alpha value is -2.63. The van der Waals surface area contributed by atoms with Crippen LogP contribution >= 0.6 is 0 Å². The molecule has 122 valence electrons. The van der Waals surface area contributed by atoms with Crippen molar-refractivity contribution in [2.24, 2.45) is 0 Å². The Morgan fingerprint density at radius 2 is 2.00 bits per heavy atom. The first-order chi connectivity index (χ1) is 10.8. The number of nitrogens with zero attached hydrogens (tertiary/aromatic N) is 2. The van der Waals surface area contributed by atoms with Crippen molar-refractivity contribution in [3.05, 3.63) is 53.3 Å². The summed E-state index contributed by atoms with van der Waals surface area (Å²) in [7, 11) is 0. The summed E-state index contributed by atoms with van der Waals surface area (Å²) < 4.78 is 1.75. The van der Waals surface area contributed by atoms with E-state index < -0.39 is 5.97 Å². The Bertz CT molecular complexity index is 714. The van der Waals surface area contributed by atoms with Crippen molar-refractivity contribution in [3.8, 4) is 0 Å². The molecule has 6 heteroatoms. The lowest BCUT2D eigenvalue weighted by atomic mass is 10.1. The van der Waals surface area contributed by atoms with Crippen molar-refractivity contribution >= 4 is 11.9 Å². The molecule has 0 unspecified atom stereocenters. The molecule has 1 amide bonds. The maximum atomic E-state index is 12.1. The highest BCUT2D eigenvalue weighted by molar-refractivity contribution is 5.93. The van der Waals surface area contributed by atoms with Crippen LogP contribution in [0, 0.1) is 0 Å². The molecule has 1 heterocycles. The van der Waals surface area contributed by atoms with Crippen LogP contribution in [0.25, 0.3) is 0 Å². The highest BCUT2D eigenvalue weighted by Gasteiger charge is 2.16. The lowest BCUT2D eigenvalue weighted by Crippen LogP contribution is -2.26. The minimum Gasteiger partial charge on any atom is -0.478 e. The molecular formula is C17H21N3O3. The Morgan fingerprint density at radius 3 is 2.61 bits per heavy atom. The lowest BCUT2D eigenvalue weighted by Gasteiger charge is -2.18. The number of rotatable bonds is 5. The fourth-order valence-electron chi connectivity index (χ4n) is 2.09. The Morgan fingerprint density at radius 1 is 1.26 bits per heavy atom. The minimum absolute atomic E-state index is 0.171. The molecule has 0 radical (unpaired) electrons. The van der Waals surface area contributed by atoms with Gasteiger partial charge < -0.3 is 10.4 Å². The largest absolute Gasteiger partial charge is 0.478 e. The average Bonchev–Trinajstić information content (AvgIpc) is 2.97. The van der Waals surface area contributed by atoms with E-state index >= 15 is 0 Å². The molecule has 1 aromatic heterocycles. The van der Waals surface area contributed by atoms with Crippen molar-refractivity contribution < 1.29 is 14.7 Å². The fraction of sp³-hybridized carbons (Fsp3) is 0.353. The number of carbonyl (C=O) groups excluding carboxylic acids is 1. The number of hydrogen-bond donors (Lipinski definition) is 2. The molecule has 2 rings (SSSR count). The molecule has 0 aliphatic rings. The molecular weight excluding hydrogens is 294 g/mol. The third-order valence-electron chi connectivity index (χ3n) is 3.41. The maximum absolute atomic E-state index is 12.1. The molecule has 0 atom stereocenters. The molecule has 0 fully saturated rings. The number of aromatic carboxylic acids is 1. The van der Waals surface area contributed by atoms with Crippen molar-refractivity contribution in [2.75, 3.05) is 6.54 Å². The van der Waals surface area contributed by atoms with Crippen LogP contribution in [-0.4, -0.2) is 33.3 Å². The Labute approximate surface area is 135 Å². The summed E-state index contributed by atoms with van der Waals surface area (Å²) in [5.74, 6) is -1.14. The van der Waals surface area contributed by atoms with Crippen LogP contribution in [0.15, 0.2) is 36.7 Å². The van der Waals surface area contributed by atoms with E-state index in [4.69, 9.17) is 5.11 Å². The van der Waals surface area contributed by atoms with Gasteiger partial charge in [0.15, 0.2) is 0 Å². The van der Waals surface area contributed by atoms with Crippen LogP contribution in [0.2, 0.25) is 0 Å². The second-order valence-electron chi connectivity index (χ2n) is 6.36. The van der Waals surface area contributed by atoms with E-state index in [1.807, 2.05) is 26.8 Å². The van der Waals surface area contributed by atoms with E-state index in [0.717, 1.165) is 5.56 Å². The van der Waals surface area contributed by atoms with E-state index in [1.54, 1.807) is 35.3 Å². The molecule has 0 aliphatic heterocycles. The topological polar surface area (TPSA) is 84.2 Å². The van der Waals surface area contributed by atoms with Gasteiger partial charge >= 0.3 is 5.97 Å². The molecule has 2 aromatic rings. The number of amides is 1.